The minimum atomic E-state index is -0.288. The zero-order valence-electron chi connectivity index (χ0n) is 9.24. The van der Waals surface area contributed by atoms with Gasteiger partial charge in [-0.1, -0.05) is 11.6 Å². The maximum absolute atomic E-state index is 13.0. The van der Waals surface area contributed by atoms with Gasteiger partial charge in [-0.3, -0.25) is 0 Å². The van der Waals surface area contributed by atoms with Gasteiger partial charge < -0.3 is 10.3 Å². The molecule has 0 saturated heterocycles. The van der Waals surface area contributed by atoms with E-state index in [1.165, 1.54) is 12.1 Å². The number of aromatic amines is 1. The van der Waals surface area contributed by atoms with E-state index >= 15 is 0 Å². The molecule has 0 fully saturated rings. The summed E-state index contributed by atoms with van der Waals surface area (Å²) in [5.74, 6) is 0.280. The van der Waals surface area contributed by atoms with Crippen LogP contribution in [0.5, 0.6) is 0 Å². The highest BCUT2D eigenvalue weighted by molar-refractivity contribution is 6.30. The Hall–Kier alpha value is -2.07. The molecule has 0 radical (unpaired) electrons. The van der Waals surface area contributed by atoms with Crippen molar-refractivity contribution in [2.75, 3.05) is 5.32 Å². The van der Waals surface area contributed by atoms with E-state index in [4.69, 9.17) is 11.6 Å². The van der Waals surface area contributed by atoms with Gasteiger partial charge in [-0.2, -0.15) is 0 Å². The number of hydrogen-bond acceptors (Lipinski definition) is 2. The summed E-state index contributed by atoms with van der Waals surface area (Å²) in [6.07, 6.45) is 0. The van der Waals surface area contributed by atoms with E-state index in [0.717, 1.165) is 5.69 Å². The predicted octanol–water partition coefficient (Wildman–Crippen LogP) is 4.10. The topological polar surface area (TPSA) is 40.7 Å². The van der Waals surface area contributed by atoms with E-state index < -0.39 is 0 Å². The summed E-state index contributed by atoms with van der Waals surface area (Å²) in [5.41, 5.74) is 2.23. The number of H-pyrrole nitrogens is 1. The van der Waals surface area contributed by atoms with E-state index in [0.29, 0.717) is 22.0 Å². The minimum Gasteiger partial charge on any atom is -0.326 e. The van der Waals surface area contributed by atoms with Gasteiger partial charge in [0.25, 0.3) is 0 Å². The van der Waals surface area contributed by atoms with Crippen LogP contribution in [0.1, 0.15) is 0 Å². The molecule has 3 nitrogen and oxygen atoms in total. The molecule has 0 atom stereocenters. The summed E-state index contributed by atoms with van der Waals surface area (Å²) in [5, 5.41) is 3.77. The fourth-order valence-electron chi connectivity index (χ4n) is 1.71. The van der Waals surface area contributed by atoms with E-state index in [1.807, 2.05) is 12.1 Å². The summed E-state index contributed by atoms with van der Waals surface area (Å²) < 4.78 is 13.0. The fourth-order valence-corrected chi connectivity index (χ4v) is 1.84. The Morgan fingerprint density at radius 3 is 2.67 bits per heavy atom. The fraction of sp³-hybridized carbons (Fsp3) is 0. The van der Waals surface area contributed by atoms with Gasteiger partial charge in [0, 0.05) is 10.7 Å². The number of imidazole rings is 1. The van der Waals surface area contributed by atoms with Gasteiger partial charge in [0.1, 0.15) is 5.82 Å². The second kappa shape index (κ2) is 4.31. The predicted molar refractivity (Wildman–Crippen MR) is 70.8 cm³/mol. The molecule has 2 N–H and O–H groups in total. The Balaban J connectivity index is 1.92. The summed E-state index contributed by atoms with van der Waals surface area (Å²) in [7, 11) is 0. The highest BCUT2D eigenvalue weighted by Crippen LogP contribution is 2.20. The number of rotatable bonds is 2. The molecular formula is C13H9ClFN3. The van der Waals surface area contributed by atoms with E-state index in [2.05, 4.69) is 15.3 Å². The number of anilines is 2. The summed E-state index contributed by atoms with van der Waals surface area (Å²) in [6, 6.07) is 11.7. The SMILES string of the molecule is Fc1ccc2nc(Nc3ccc(Cl)cc3)[nH]c2c1. The standard InChI is InChI=1S/C13H9ClFN3/c14-8-1-4-10(5-2-8)16-13-17-11-6-3-9(15)7-12(11)18-13/h1-7H,(H2,16,17,18). The first-order chi connectivity index (χ1) is 8.70. The molecule has 0 saturated carbocycles. The maximum Gasteiger partial charge on any atom is 0.205 e. The highest BCUT2D eigenvalue weighted by Gasteiger charge is 2.03. The van der Waals surface area contributed by atoms with E-state index in [9.17, 15) is 4.39 Å². The monoisotopic (exact) mass is 261 g/mol. The van der Waals surface area contributed by atoms with Crippen LogP contribution in [0.2, 0.25) is 5.02 Å². The lowest BCUT2D eigenvalue weighted by Gasteiger charge is -2.01. The molecule has 5 heteroatoms. The van der Waals surface area contributed by atoms with Crippen molar-refractivity contribution in [2.24, 2.45) is 0 Å². The number of hydrogen-bond donors (Lipinski definition) is 2. The Morgan fingerprint density at radius 1 is 1.11 bits per heavy atom. The second-order valence-electron chi connectivity index (χ2n) is 3.88. The van der Waals surface area contributed by atoms with Crippen molar-refractivity contribution in [2.45, 2.75) is 0 Å². The molecular weight excluding hydrogens is 253 g/mol. The van der Waals surface area contributed by atoms with Crippen molar-refractivity contribution in [3.05, 3.63) is 53.3 Å². The van der Waals surface area contributed by atoms with Crippen molar-refractivity contribution < 1.29 is 4.39 Å². The smallest absolute Gasteiger partial charge is 0.205 e. The molecule has 2 aromatic carbocycles. The minimum absolute atomic E-state index is 0.288. The van der Waals surface area contributed by atoms with Crippen molar-refractivity contribution in [3.63, 3.8) is 0 Å². The van der Waals surface area contributed by atoms with E-state index in [-0.39, 0.29) is 5.82 Å². The number of aromatic nitrogens is 2. The van der Waals surface area contributed by atoms with Crippen LogP contribution in [-0.4, -0.2) is 9.97 Å². The molecule has 90 valence electrons. The normalized spacial score (nSPS) is 10.8. The van der Waals surface area contributed by atoms with Crippen LogP contribution < -0.4 is 5.32 Å². The zero-order chi connectivity index (χ0) is 12.5. The van der Waals surface area contributed by atoms with Gasteiger partial charge >= 0.3 is 0 Å². The van der Waals surface area contributed by atoms with Gasteiger partial charge in [-0.15, -0.1) is 0 Å². The second-order valence-corrected chi connectivity index (χ2v) is 4.32. The molecule has 0 aliphatic rings. The quantitative estimate of drug-likeness (QED) is 0.729. The zero-order valence-corrected chi connectivity index (χ0v) is 10.0. The molecule has 0 amide bonds. The third-order valence-electron chi connectivity index (χ3n) is 2.55. The number of nitrogens with one attached hydrogen (secondary N) is 2. The first-order valence-corrected chi connectivity index (χ1v) is 5.76. The van der Waals surface area contributed by atoms with Crippen LogP contribution >= 0.6 is 11.6 Å². The van der Waals surface area contributed by atoms with Crippen LogP contribution in [0.4, 0.5) is 16.0 Å². The molecule has 1 heterocycles. The third-order valence-corrected chi connectivity index (χ3v) is 2.80. The first kappa shape index (κ1) is 11.0. The molecule has 18 heavy (non-hydrogen) atoms. The lowest BCUT2D eigenvalue weighted by atomic mass is 10.3. The maximum atomic E-state index is 13.0. The third kappa shape index (κ3) is 2.15. The lowest BCUT2D eigenvalue weighted by molar-refractivity contribution is 0.629. The van der Waals surface area contributed by atoms with Crippen LogP contribution in [-0.2, 0) is 0 Å². The Bertz CT molecular complexity index is 691. The average molecular weight is 262 g/mol. The Kier molecular flexibility index (Phi) is 2.64. The van der Waals surface area contributed by atoms with Gasteiger partial charge in [0.05, 0.1) is 11.0 Å². The van der Waals surface area contributed by atoms with Gasteiger partial charge in [-0.25, -0.2) is 9.37 Å². The average Bonchev–Trinajstić information content (AvgIpc) is 2.73. The van der Waals surface area contributed by atoms with Crippen molar-refractivity contribution in [1.29, 1.82) is 0 Å². The van der Waals surface area contributed by atoms with Crippen molar-refractivity contribution in [3.8, 4) is 0 Å². The summed E-state index contributed by atoms with van der Waals surface area (Å²) in [4.78, 5) is 7.31. The Labute approximate surface area is 108 Å². The van der Waals surface area contributed by atoms with Crippen LogP contribution in [0.3, 0.4) is 0 Å². The van der Waals surface area contributed by atoms with Crippen molar-refractivity contribution >= 4 is 34.3 Å². The largest absolute Gasteiger partial charge is 0.326 e. The lowest BCUT2D eigenvalue weighted by Crippen LogP contribution is -1.91. The molecule has 0 unspecified atom stereocenters. The number of halogens is 2. The van der Waals surface area contributed by atoms with Crippen LogP contribution in [0.15, 0.2) is 42.5 Å². The molecule has 3 rings (SSSR count). The molecule has 0 aliphatic carbocycles. The molecule has 1 aromatic heterocycles. The molecule has 0 spiro atoms. The summed E-state index contributed by atoms with van der Waals surface area (Å²) >= 11 is 5.80. The van der Waals surface area contributed by atoms with Gasteiger partial charge in [0.15, 0.2) is 0 Å². The van der Waals surface area contributed by atoms with Gasteiger partial charge in [0.2, 0.25) is 5.95 Å². The number of nitrogens with zero attached hydrogens (tertiary/aromatic N) is 1. The summed E-state index contributed by atoms with van der Waals surface area (Å²) in [6.45, 7) is 0. The number of benzene rings is 2. The molecule has 0 bridgehead atoms. The number of fused-ring (bicyclic) bond motifs is 1. The van der Waals surface area contributed by atoms with Crippen LogP contribution in [0, 0.1) is 5.82 Å². The van der Waals surface area contributed by atoms with E-state index in [1.54, 1.807) is 18.2 Å². The van der Waals surface area contributed by atoms with Crippen molar-refractivity contribution in [1.82, 2.24) is 9.97 Å². The highest BCUT2D eigenvalue weighted by atomic mass is 35.5. The van der Waals surface area contributed by atoms with Crippen LogP contribution in [0.25, 0.3) is 11.0 Å². The first-order valence-electron chi connectivity index (χ1n) is 5.38. The Morgan fingerprint density at radius 2 is 1.89 bits per heavy atom. The molecule has 3 aromatic rings. The molecule has 0 aliphatic heterocycles. The van der Waals surface area contributed by atoms with Gasteiger partial charge in [-0.05, 0) is 42.5 Å².